The minimum Gasteiger partial charge on any atom is -0.356 e. The van der Waals surface area contributed by atoms with E-state index in [1.807, 2.05) is 6.92 Å². The molecule has 6 nitrogen and oxygen atoms in total. The summed E-state index contributed by atoms with van der Waals surface area (Å²) < 4.78 is 29.0. The molecule has 2 heterocycles. The molecule has 1 unspecified atom stereocenters. The molecular weight excluding hydrogens is 326 g/mol. The number of aromatic nitrogens is 3. The fourth-order valence-electron chi connectivity index (χ4n) is 3.02. The summed E-state index contributed by atoms with van der Waals surface area (Å²) in [4.78, 5) is 4.14. The van der Waals surface area contributed by atoms with Crippen molar-refractivity contribution in [2.24, 2.45) is 10.9 Å². The Morgan fingerprint density at radius 1 is 1.32 bits per heavy atom. The second kappa shape index (κ2) is 7.58. The first-order valence-electron chi connectivity index (χ1n) is 8.34. The Hall–Kier alpha value is -2.51. The van der Waals surface area contributed by atoms with Gasteiger partial charge in [-0.3, -0.25) is 4.99 Å². The number of aliphatic imine (C=N–C) groups is 1. The molecule has 1 aromatic heterocycles. The van der Waals surface area contributed by atoms with Crippen LogP contribution in [-0.4, -0.2) is 34.3 Å². The number of nitrogens with zero attached hydrogens (tertiary/aromatic N) is 4. The Kier molecular flexibility index (Phi) is 5.25. The largest absolute Gasteiger partial charge is 0.356 e. The third kappa shape index (κ3) is 4.12. The minimum atomic E-state index is -0.455. The van der Waals surface area contributed by atoms with Gasteiger partial charge in [0.2, 0.25) is 0 Å². The predicted octanol–water partition coefficient (Wildman–Crippen LogP) is 1.79. The molecule has 8 heteroatoms. The van der Waals surface area contributed by atoms with Gasteiger partial charge in [-0.25, -0.2) is 8.78 Å². The van der Waals surface area contributed by atoms with Crippen LogP contribution in [0.2, 0.25) is 0 Å². The number of nitrogens with one attached hydrogen (secondary N) is 2. The number of halogens is 2. The van der Waals surface area contributed by atoms with Crippen molar-refractivity contribution in [1.82, 2.24) is 25.4 Å². The highest BCUT2D eigenvalue weighted by Crippen LogP contribution is 2.19. The van der Waals surface area contributed by atoms with Crippen molar-refractivity contribution in [2.45, 2.75) is 32.9 Å². The Morgan fingerprint density at radius 2 is 2.16 bits per heavy atom. The molecular formula is C17H22F2N6. The van der Waals surface area contributed by atoms with Gasteiger partial charge in [-0.1, -0.05) is 0 Å². The highest BCUT2D eigenvalue weighted by molar-refractivity contribution is 5.79. The van der Waals surface area contributed by atoms with Crippen LogP contribution < -0.4 is 10.6 Å². The SMILES string of the molecule is CN=C(NCc1cc(F)ccc1F)NCC1CCc2nnc(C)n2C1. The summed E-state index contributed by atoms with van der Waals surface area (Å²) in [6.45, 7) is 3.74. The summed E-state index contributed by atoms with van der Waals surface area (Å²) in [5, 5.41) is 14.6. The lowest BCUT2D eigenvalue weighted by atomic mass is 9.99. The molecule has 1 aliphatic heterocycles. The number of aryl methyl sites for hydroxylation is 2. The van der Waals surface area contributed by atoms with Gasteiger partial charge in [0.25, 0.3) is 0 Å². The molecule has 2 aromatic rings. The molecule has 1 aromatic carbocycles. The second-order valence-electron chi connectivity index (χ2n) is 6.22. The Bertz CT molecular complexity index is 770. The fourth-order valence-corrected chi connectivity index (χ4v) is 3.02. The van der Waals surface area contributed by atoms with Gasteiger partial charge in [-0.15, -0.1) is 10.2 Å². The van der Waals surface area contributed by atoms with Gasteiger partial charge >= 0.3 is 0 Å². The van der Waals surface area contributed by atoms with E-state index in [1.165, 1.54) is 6.07 Å². The molecule has 0 radical (unpaired) electrons. The Morgan fingerprint density at radius 3 is 2.96 bits per heavy atom. The molecule has 3 rings (SSSR count). The van der Waals surface area contributed by atoms with Crippen LogP contribution >= 0.6 is 0 Å². The standard InChI is InChI=1S/C17H22F2N6/c1-11-23-24-16-6-3-12(10-25(11)16)8-21-17(20-2)22-9-13-7-14(18)4-5-15(13)19/h4-5,7,12H,3,6,8-10H2,1-2H3,(H2,20,21,22). The highest BCUT2D eigenvalue weighted by atomic mass is 19.1. The molecule has 1 atom stereocenters. The number of rotatable bonds is 4. The second-order valence-corrected chi connectivity index (χ2v) is 6.22. The van der Waals surface area contributed by atoms with Gasteiger partial charge in [-0.05, 0) is 37.5 Å². The smallest absolute Gasteiger partial charge is 0.191 e. The average molecular weight is 348 g/mol. The van der Waals surface area contributed by atoms with Crippen molar-refractivity contribution < 1.29 is 8.78 Å². The lowest BCUT2D eigenvalue weighted by Crippen LogP contribution is -2.41. The lowest BCUT2D eigenvalue weighted by molar-refractivity contribution is 0.358. The minimum absolute atomic E-state index is 0.169. The lowest BCUT2D eigenvalue weighted by Gasteiger charge is -2.25. The van der Waals surface area contributed by atoms with E-state index in [4.69, 9.17) is 0 Å². The molecule has 0 saturated carbocycles. The van der Waals surface area contributed by atoms with E-state index in [-0.39, 0.29) is 12.1 Å². The number of guanidine groups is 1. The van der Waals surface area contributed by atoms with E-state index in [0.717, 1.165) is 49.7 Å². The maximum Gasteiger partial charge on any atom is 0.191 e. The van der Waals surface area contributed by atoms with Crippen molar-refractivity contribution in [3.8, 4) is 0 Å². The highest BCUT2D eigenvalue weighted by Gasteiger charge is 2.21. The van der Waals surface area contributed by atoms with Crippen molar-refractivity contribution in [3.05, 3.63) is 47.0 Å². The van der Waals surface area contributed by atoms with E-state index in [1.54, 1.807) is 7.05 Å². The van der Waals surface area contributed by atoms with E-state index in [2.05, 4.69) is 30.4 Å². The number of benzene rings is 1. The van der Waals surface area contributed by atoms with Crippen LogP contribution in [-0.2, 0) is 19.5 Å². The van der Waals surface area contributed by atoms with Gasteiger partial charge in [0.1, 0.15) is 23.3 Å². The third-order valence-electron chi connectivity index (χ3n) is 4.47. The molecule has 0 saturated heterocycles. The molecule has 0 spiro atoms. The maximum atomic E-state index is 13.7. The van der Waals surface area contributed by atoms with Crippen LogP contribution in [0.15, 0.2) is 23.2 Å². The normalized spacial score (nSPS) is 17.3. The van der Waals surface area contributed by atoms with Gasteiger partial charge in [0, 0.05) is 38.7 Å². The molecule has 134 valence electrons. The maximum absolute atomic E-state index is 13.7. The summed E-state index contributed by atoms with van der Waals surface area (Å²) in [7, 11) is 1.65. The predicted molar refractivity (Wildman–Crippen MR) is 91.1 cm³/mol. The Balaban J connectivity index is 1.52. The first-order valence-corrected chi connectivity index (χ1v) is 8.34. The molecule has 0 aliphatic carbocycles. The van der Waals surface area contributed by atoms with Gasteiger partial charge < -0.3 is 15.2 Å². The molecule has 2 N–H and O–H groups in total. The summed E-state index contributed by atoms with van der Waals surface area (Å²) in [6, 6.07) is 3.42. The molecule has 0 bridgehead atoms. The van der Waals surface area contributed by atoms with Crippen molar-refractivity contribution in [3.63, 3.8) is 0 Å². The topological polar surface area (TPSA) is 67.1 Å². The first-order chi connectivity index (χ1) is 12.1. The van der Waals surface area contributed by atoms with Crippen LogP contribution in [0, 0.1) is 24.5 Å². The fraction of sp³-hybridized carbons (Fsp3) is 0.471. The van der Waals surface area contributed by atoms with E-state index >= 15 is 0 Å². The molecule has 1 aliphatic rings. The monoisotopic (exact) mass is 348 g/mol. The molecule has 0 amide bonds. The number of hydrogen-bond donors (Lipinski definition) is 2. The summed E-state index contributed by atoms with van der Waals surface area (Å²) in [5.41, 5.74) is 0.269. The first kappa shape index (κ1) is 17.3. The van der Waals surface area contributed by atoms with Crippen LogP contribution in [0.25, 0.3) is 0 Å². The van der Waals surface area contributed by atoms with E-state index in [0.29, 0.717) is 11.9 Å². The van der Waals surface area contributed by atoms with Crippen LogP contribution in [0.5, 0.6) is 0 Å². The van der Waals surface area contributed by atoms with E-state index < -0.39 is 11.6 Å². The Labute approximate surface area is 145 Å². The molecule has 25 heavy (non-hydrogen) atoms. The van der Waals surface area contributed by atoms with Crippen molar-refractivity contribution in [2.75, 3.05) is 13.6 Å². The van der Waals surface area contributed by atoms with Crippen LogP contribution in [0.3, 0.4) is 0 Å². The summed E-state index contributed by atoms with van der Waals surface area (Å²) in [6.07, 6.45) is 1.94. The average Bonchev–Trinajstić information content (AvgIpc) is 2.98. The zero-order valence-electron chi connectivity index (χ0n) is 14.4. The quantitative estimate of drug-likeness (QED) is 0.653. The van der Waals surface area contributed by atoms with Crippen LogP contribution in [0.1, 0.15) is 23.6 Å². The van der Waals surface area contributed by atoms with Gasteiger partial charge in [0.15, 0.2) is 5.96 Å². The summed E-state index contributed by atoms with van der Waals surface area (Å²) in [5.74, 6) is 2.08. The zero-order valence-corrected chi connectivity index (χ0v) is 14.4. The summed E-state index contributed by atoms with van der Waals surface area (Å²) >= 11 is 0. The number of hydrogen-bond acceptors (Lipinski definition) is 3. The van der Waals surface area contributed by atoms with Crippen molar-refractivity contribution in [1.29, 1.82) is 0 Å². The van der Waals surface area contributed by atoms with Crippen LogP contribution in [0.4, 0.5) is 8.78 Å². The number of fused-ring (bicyclic) bond motifs is 1. The molecule has 0 fully saturated rings. The van der Waals surface area contributed by atoms with Crippen molar-refractivity contribution >= 4 is 5.96 Å². The van der Waals surface area contributed by atoms with E-state index in [9.17, 15) is 8.78 Å². The zero-order chi connectivity index (χ0) is 17.8. The van der Waals surface area contributed by atoms with Gasteiger partial charge in [0.05, 0.1) is 0 Å². The third-order valence-corrected chi connectivity index (χ3v) is 4.47. The van der Waals surface area contributed by atoms with Gasteiger partial charge in [-0.2, -0.15) is 0 Å².